The maximum atomic E-state index is 12.4. The van der Waals surface area contributed by atoms with Crippen LogP contribution in [-0.2, 0) is 4.79 Å². The normalized spacial score (nSPS) is 11.8. The van der Waals surface area contributed by atoms with Crippen molar-refractivity contribution in [1.82, 2.24) is 0 Å². The third-order valence-corrected chi connectivity index (χ3v) is 3.73. The van der Waals surface area contributed by atoms with E-state index in [-0.39, 0.29) is 5.91 Å². The minimum atomic E-state index is -0.584. The van der Waals surface area contributed by atoms with Crippen LogP contribution in [0.2, 0.25) is 5.02 Å². The van der Waals surface area contributed by atoms with E-state index in [2.05, 4.69) is 5.32 Å². The van der Waals surface area contributed by atoms with Gasteiger partial charge in [0.05, 0.1) is 5.02 Å². The van der Waals surface area contributed by atoms with Crippen LogP contribution >= 0.6 is 11.6 Å². The second-order valence-electron chi connectivity index (χ2n) is 5.25. The fourth-order valence-electron chi connectivity index (χ4n) is 2.10. The number of halogens is 1. The molecule has 0 fully saturated rings. The fourth-order valence-corrected chi connectivity index (χ4v) is 2.28. The summed E-state index contributed by atoms with van der Waals surface area (Å²) in [5.41, 5.74) is 2.93. The molecule has 0 saturated carbocycles. The van der Waals surface area contributed by atoms with Gasteiger partial charge in [0.15, 0.2) is 6.10 Å². The van der Waals surface area contributed by atoms with Gasteiger partial charge in [-0.15, -0.1) is 0 Å². The third kappa shape index (κ3) is 4.01. The number of hydrogen-bond donors (Lipinski definition) is 1. The molecule has 1 N–H and O–H groups in total. The summed E-state index contributed by atoms with van der Waals surface area (Å²) in [5.74, 6) is 0.350. The number of nitrogens with one attached hydrogen (secondary N) is 1. The van der Waals surface area contributed by atoms with Crippen molar-refractivity contribution >= 4 is 23.2 Å². The van der Waals surface area contributed by atoms with Gasteiger partial charge in [0.1, 0.15) is 5.75 Å². The fraction of sp³-hybridized carbons (Fsp3) is 0.278. The third-order valence-electron chi connectivity index (χ3n) is 3.42. The van der Waals surface area contributed by atoms with E-state index in [9.17, 15) is 4.79 Å². The summed E-state index contributed by atoms with van der Waals surface area (Å²) >= 11 is 6.08. The Morgan fingerprint density at radius 3 is 2.64 bits per heavy atom. The van der Waals surface area contributed by atoms with Crippen LogP contribution in [0.4, 0.5) is 5.69 Å². The zero-order chi connectivity index (χ0) is 16.1. The highest BCUT2D eigenvalue weighted by molar-refractivity contribution is 6.32. The largest absolute Gasteiger partial charge is 0.479 e. The quantitative estimate of drug-likeness (QED) is 0.864. The van der Waals surface area contributed by atoms with Gasteiger partial charge in [0.2, 0.25) is 0 Å². The highest BCUT2D eigenvalue weighted by Crippen LogP contribution is 2.25. The van der Waals surface area contributed by atoms with Crippen LogP contribution in [0.3, 0.4) is 0 Å². The van der Waals surface area contributed by atoms with Crippen LogP contribution < -0.4 is 10.1 Å². The Kier molecular flexibility index (Phi) is 5.45. The Morgan fingerprint density at radius 2 is 1.95 bits per heavy atom. The van der Waals surface area contributed by atoms with E-state index in [1.165, 1.54) is 0 Å². The van der Waals surface area contributed by atoms with E-state index in [0.717, 1.165) is 16.8 Å². The molecule has 22 heavy (non-hydrogen) atoms. The Labute approximate surface area is 136 Å². The molecule has 2 rings (SSSR count). The lowest BCUT2D eigenvalue weighted by molar-refractivity contribution is -0.122. The number of ether oxygens (including phenoxy) is 1. The minimum absolute atomic E-state index is 0.170. The first kappa shape index (κ1) is 16.4. The molecular formula is C18H20ClNO2. The molecule has 2 aromatic rings. The van der Waals surface area contributed by atoms with E-state index in [0.29, 0.717) is 17.2 Å². The predicted octanol–water partition coefficient (Wildman–Crippen LogP) is 4.75. The lowest BCUT2D eigenvalue weighted by atomic mass is 10.1. The smallest absolute Gasteiger partial charge is 0.265 e. The molecule has 0 aliphatic carbocycles. The van der Waals surface area contributed by atoms with E-state index < -0.39 is 6.10 Å². The average Bonchev–Trinajstić information content (AvgIpc) is 2.50. The minimum Gasteiger partial charge on any atom is -0.479 e. The molecule has 0 aromatic heterocycles. The van der Waals surface area contributed by atoms with E-state index in [1.54, 1.807) is 12.1 Å². The Morgan fingerprint density at radius 1 is 1.23 bits per heavy atom. The number of carbonyl (C=O) groups excluding carboxylic acids is 1. The Balaban J connectivity index is 2.12. The van der Waals surface area contributed by atoms with Crippen molar-refractivity contribution in [3.63, 3.8) is 0 Å². The van der Waals surface area contributed by atoms with Crippen molar-refractivity contribution in [3.05, 3.63) is 58.6 Å². The first-order valence-electron chi connectivity index (χ1n) is 7.30. The number of amides is 1. The molecule has 0 heterocycles. The second kappa shape index (κ2) is 7.32. The van der Waals surface area contributed by atoms with Crippen LogP contribution in [0.15, 0.2) is 42.5 Å². The molecule has 1 amide bonds. The molecule has 2 aromatic carbocycles. The van der Waals surface area contributed by atoms with Crippen molar-refractivity contribution in [3.8, 4) is 5.75 Å². The summed E-state index contributed by atoms with van der Waals surface area (Å²) in [4.78, 5) is 12.4. The van der Waals surface area contributed by atoms with Crippen molar-refractivity contribution in [1.29, 1.82) is 0 Å². The number of rotatable bonds is 5. The first-order chi connectivity index (χ1) is 10.5. The predicted molar refractivity (Wildman–Crippen MR) is 90.7 cm³/mol. The molecule has 0 aliphatic heterocycles. The molecule has 1 atom stereocenters. The summed E-state index contributed by atoms with van der Waals surface area (Å²) in [7, 11) is 0. The van der Waals surface area contributed by atoms with Crippen molar-refractivity contribution in [2.45, 2.75) is 33.3 Å². The van der Waals surface area contributed by atoms with Crippen LogP contribution in [0.1, 0.15) is 24.5 Å². The lowest BCUT2D eigenvalue weighted by Gasteiger charge is -2.19. The summed E-state index contributed by atoms with van der Waals surface area (Å²) in [5, 5.41) is 3.44. The molecule has 0 aliphatic rings. The van der Waals surface area contributed by atoms with Crippen molar-refractivity contribution < 1.29 is 9.53 Å². The van der Waals surface area contributed by atoms with Gasteiger partial charge in [-0.05, 0) is 49.6 Å². The summed E-state index contributed by atoms with van der Waals surface area (Å²) in [6.45, 7) is 5.86. The highest BCUT2D eigenvalue weighted by atomic mass is 35.5. The topological polar surface area (TPSA) is 38.3 Å². The van der Waals surface area contributed by atoms with Gasteiger partial charge in [-0.1, -0.05) is 42.8 Å². The number of para-hydroxylation sites is 1. The second-order valence-corrected chi connectivity index (χ2v) is 5.66. The zero-order valence-corrected chi connectivity index (χ0v) is 13.8. The highest BCUT2D eigenvalue weighted by Gasteiger charge is 2.20. The number of benzene rings is 2. The van der Waals surface area contributed by atoms with Crippen LogP contribution in [0.5, 0.6) is 5.75 Å². The van der Waals surface area contributed by atoms with E-state index in [4.69, 9.17) is 16.3 Å². The molecular weight excluding hydrogens is 298 g/mol. The molecule has 116 valence electrons. The molecule has 0 radical (unpaired) electrons. The van der Waals surface area contributed by atoms with Crippen LogP contribution in [0, 0.1) is 13.8 Å². The molecule has 0 spiro atoms. The monoisotopic (exact) mass is 317 g/mol. The van der Waals surface area contributed by atoms with E-state index in [1.807, 2.05) is 51.1 Å². The number of hydrogen-bond acceptors (Lipinski definition) is 2. The van der Waals surface area contributed by atoms with E-state index >= 15 is 0 Å². The maximum Gasteiger partial charge on any atom is 0.265 e. The first-order valence-corrected chi connectivity index (χ1v) is 7.68. The van der Waals surface area contributed by atoms with Gasteiger partial charge < -0.3 is 10.1 Å². The molecule has 0 saturated heterocycles. The summed E-state index contributed by atoms with van der Waals surface area (Å²) < 4.78 is 5.75. The molecule has 4 heteroatoms. The Bertz CT molecular complexity index is 670. The summed E-state index contributed by atoms with van der Waals surface area (Å²) in [6, 6.07) is 13.1. The van der Waals surface area contributed by atoms with Crippen LogP contribution in [-0.4, -0.2) is 12.0 Å². The lowest BCUT2D eigenvalue weighted by Crippen LogP contribution is -2.32. The van der Waals surface area contributed by atoms with Gasteiger partial charge in [-0.2, -0.15) is 0 Å². The summed E-state index contributed by atoms with van der Waals surface area (Å²) in [6.07, 6.45) is -0.0260. The number of aryl methyl sites for hydroxylation is 2. The molecule has 3 nitrogen and oxygen atoms in total. The molecule has 0 bridgehead atoms. The van der Waals surface area contributed by atoms with Crippen molar-refractivity contribution in [2.24, 2.45) is 0 Å². The van der Waals surface area contributed by atoms with Gasteiger partial charge in [-0.3, -0.25) is 4.79 Å². The number of carbonyl (C=O) groups is 1. The van der Waals surface area contributed by atoms with Gasteiger partial charge in [0, 0.05) is 5.69 Å². The van der Waals surface area contributed by atoms with Gasteiger partial charge in [0.25, 0.3) is 5.91 Å². The number of anilines is 1. The standard InChI is InChI=1S/C18H20ClNO2/c1-4-16(22-17-8-6-5-7-14(17)19)18(21)20-15-11-12(2)9-10-13(15)3/h5-11,16H,4H2,1-3H3,(H,20,21)/t16-/m1/s1. The average molecular weight is 318 g/mol. The van der Waals surface area contributed by atoms with Crippen molar-refractivity contribution in [2.75, 3.05) is 5.32 Å². The maximum absolute atomic E-state index is 12.4. The van der Waals surface area contributed by atoms with Gasteiger partial charge >= 0.3 is 0 Å². The Hall–Kier alpha value is -2.00. The van der Waals surface area contributed by atoms with Crippen LogP contribution in [0.25, 0.3) is 0 Å². The SMILES string of the molecule is CC[C@@H](Oc1ccccc1Cl)C(=O)Nc1cc(C)ccc1C. The zero-order valence-electron chi connectivity index (χ0n) is 13.0. The molecule has 0 unspecified atom stereocenters. The van der Waals surface area contributed by atoms with Gasteiger partial charge in [-0.25, -0.2) is 0 Å².